The van der Waals surface area contributed by atoms with Crippen molar-refractivity contribution in [2.75, 3.05) is 6.54 Å². The molecule has 3 nitrogen and oxygen atoms in total. The van der Waals surface area contributed by atoms with Gasteiger partial charge in [0.15, 0.2) is 0 Å². The maximum absolute atomic E-state index is 12.3. The Morgan fingerprint density at radius 3 is 2.74 bits per heavy atom. The molecule has 0 radical (unpaired) electrons. The highest BCUT2D eigenvalue weighted by Gasteiger charge is 2.30. The fraction of sp³-hybridized carbons (Fsp3) is 0.333. The molecular formula is C15H15BrN2O. The van der Waals surface area contributed by atoms with Gasteiger partial charge in [-0.1, -0.05) is 34.5 Å². The van der Waals surface area contributed by atoms with Crippen molar-refractivity contribution in [3.63, 3.8) is 0 Å². The molecule has 0 unspecified atom stereocenters. The van der Waals surface area contributed by atoms with E-state index in [9.17, 15) is 4.79 Å². The smallest absolute Gasteiger partial charge is 0.277 e. The molecule has 0 atom stereocenters. The molecule has 0 N–H and O–H groups in total. The number of nitrogens with zero attached hydrogens (tertiary/aromatic N) is 2. The highest BCUT2D eigenvalue weighted by molar-refractivity contribution is 9.10. The van der Waals surface area contributed by atoms with E-state index in [4.69, 9.17) is 0 Å². The van der Waals surface area contributed by atoms with E-state index in [0.717, 1.165) is 41.7 Å². The quantitative estimate of drug-likeness (QED) is 0.728. The van der Waals surface area contributed by atoms with Crippen LogP contribution in [0.1, 0.15) is 31.2 Å². The van der Waals surface area contributed by atoms with Crippen LogP contribution in [0.3, 0.4) is 0 Å². The van der Waals surface area contributed by atoms with Gasteiger partial charge in [0.25, 0.3) is 5.91 Å². The second kappa shape index (κ2) is 5.29. The van der Waals surface area contributed by atoms with Crippen LogP contribution < -0.4 is 0 Å². The minimum atomic E-state index is 0.0554. The fourth-order valence-corrected chi connectivity index (χ4v) is 2.73. The van der Waals surface area contributed by atoms with Crippen LogP contribution in [0, 0.1) is 0 Å². The number of hydrogen-bond donors (Lipinski definition) is 0. The van der Waals surface area contributed by atoms with E-state index < -0.39 is 0 Å². The van der Waals surface area contributed by atoms with Crippen LogP contribution in [-0.2, 0) is 4.79 Å². The molecule has 0 saturated carbocycles. The standard InChI is InChI=1S/C15H15BrN2O/c16-12-7-5-11(6-8-12)10-13-15(19)18-9-3-1-2-4-14(18)17-13/h5-8,10H,1-4,9H2/b13-10-. The predicted octanol–water partition coefficient (Wildman–Crippen LogP) is 3.60. The lowest BCUT2D eigenvalue weighted by molar-refractivity contribution is -0.122. The summed E-state index contributed by atoms with van der Waals surface area (Å²) in [5, 5.41) is 0. The molecular weight excluding hydrogens is 304 g/mol. The predicted molar refractivity (Wildman–Crippen MR) is 79.7 cm³/mol. The van der Waals surface area contributed by atoms with Gasteiger partial charge in [-0.05, 0) is 36.6 Å². The first kappa shape index (κ1) is 12.6. The second-order valence-corrected chi connectivity index (χ2v) is 5.79. The summed E-state index contributed by atoms with van der Waals surface area (Å²) in [7, 11) is 0. The van der Waals surface area contributed by atoms with Crippen molar-refractivity contribution in [2.24, 2.45) is 4.99 Å². The Hall–Kier alpha value is -1.42. The molecule has 3 rings (SSSR count). The van der Waals surface area contributed by atoms with E-state index in [-0.39, 0.29) is 5.91 Å². The Bertz CT molecular complexity index is 560. The van der Waals surface area contributed by atoms with Gasteiger partial charge in [0.05, 0.1) is 0 Å². The molecule has 1 fully saturated rings. The molecule has 0 aromatic heterocycles. The lowest BCUT2D eigenvalue weighted by atomic mass is 10.2. The Morgan fingerprint density at radius 1 is 1.16 bits per heavy atom. The zero-order valence-corrected chi connectivity index (χ0v) is 12.2. The van der Waals surface area contributed by atoms with Crippen LogP contribution in [0.4, 0.5) is 0 Å². The summed E-state index contributed by atoms with van der Waals surface area (Å²) in [5.41, 5.74) is 1.58. The summed E-state index contributed by atoms with van der Waals surface area (Å²) in [4.78, 5) is 18.7. The molecule has 1 aromatic carbocycles. The Balaban J connectivity index is 1.89. The van der Waals surface area contributed by atoms with Gasteiger partial charge in [0.2, 0.25) is 0 Å². The fourth-order valence-electron chi connectivity index (χ4n) is 2.46. The molecule has 19 heavy (non-hydrogen) atoms. The maximum atomic E-state index is 12.3. The van der Waals surface area contributed by atoms with Crippen molar-refractivity contribution in [3.8, 4) is 0 Å². The lowest BCUT2D eigenvalue weighted by Crippen LogP contribution is -2.31. The summed E-state index contributed by atoms with van der Waals surface area (Å²) in [6.07, 6.45) is 6.19. The molecule has 2 aliphatic heterocycles. The molecule has 1 aromatic rings. The normalized spacial score (nSPS) is 21.3. The molecule has 4 heteroatoms. The van der Waals surface area contributed by atoms with Crippen LogP contribution in [-0.4, -0.2) is 23.2 Å². The number of rotatable bonds is 1. The molecule has 0 bridgehead atoms. The van der Waals surface area contributed by atoms with Crippen molar-refractivity contribution in [1.29, 1.82) is 0 Å². The molecule has 2 aliphatic rings. The van der Waals surface area contributed by atoms with Gasteiger partial charge in [-0.2, -0.15) is 0 Å². The topological polar surface area (TPSA) is 32.7 Å². The monoisotopic (exact) mass is 318 g/mol. The number of hydrogen-bond acceptors (Lipinski definition) is 2. The number of carbonyl (C=O) groups excluding carboxylic acids is 1. The van der Waals surface area contributed by atoms with E-state index in [1.54, 1.807) is 0 Å². The number of benzene rings is 1. The van der Waals surface area contributed by atoms with Crippen molar-refractivity contribution >= 4 is 33.7 Å². The SMILES string of the molecule is O=C1/C(=C/c2ccc(Br)cc2)N=C2CCCCCN12. The maximum Gasteiger partial charge on any atom is 0.277 e. The minimum absolute atomic E-state index is 0.0554. The van der Waals surface area contributed by atoms with Crippen molar-refractivity contribution < 1.29 is 4.79 Å². The number of fused-ring (bicyclic) bond motifs is 1. The average Bonchev–Trinajstić information content (AvgIpc) is 2.60. The van der Waals surface area contributed by atoms with Crippen LogP contribution >= 0.6 is 15.9 Å². The average molecular weight is 319 g/mol. The third-order valence-corrected chi connectivity index (χ3v) is 4.01. The van der Waals surface area contributed by atoms with Gasteiger partial charge in [-0.3, -0.25) is 9.69 Å². The van der Waals surface area contributed by atoms with Gasteiger partial charge in [-0.15, -0.1) is 0 Å². The van der Waals surface area contributed by atoms with Gasteiger partial charge in [-0.25, -0.2) is 4.99 Å². The van der Waals surface area contributed by atoms with E-state index in [1.807, 2.05) is 35.2 Å². The van der Waals surface area contributed by atoms with E-state index in [2.05, 4.69) is 20.9 Å². The third kappa shape index (κ3) is 2.63. The van der Waals surface area contributed by atoms with Crippen LogP contribution in [0.5, 0.6) is 0 Å². The first-order valence-electron chi connectivity index (χ1n) is 6.61. The molecule has 98 valence electrons. The van der Waals surface area contributed by atoms with Crippen molar-refractivity contribution in [2.45, 2.75) is 25.7 Å². The summed E-state index contributed by atoms with van der Waals surface area (Å²) in [6.45, 7) is 0.815. The lowest BCUT2D eigenvalue weighted by Gasteiger charge is -2.13. The van der Waals surface area contributed by atoms with E-state index in [1.165, 1.54) is 6.42 Å². The second-order valence-electron chi connectivity index (χ2n) is 4.88. The largest absolute Gasteiger partial charge is 0.295 e. The number of aliphatic imine (C=N–C) groups is 1. The summed E-state index contributed by atoms with van der Waals surface area (Å²) in [5.74, 6) is 1.01. The number of halogens is 1. The minimum Gasteiger partial charge on any atom is -0.295 e. The highest BCUT2D eigenvalue weighted by Crippen LogP contribution is 2.24. The molecule has 1 amide bonds. The zero-order valence-electron chi connectivity index (χ0n) is 10.6. The first-order chi connectivity index (χ1) is 9.24. The number of amides is 1. The van der Waals surface area contributed by atoms with E-state index >= 15 is 0 Å². The molecule has 0 aliphatic carbocycles. The summed E-state index contributed by atoms with van der Waals surface area (Å²) >= 11 is 3.41. The van der Waals surface area contributed by atoms with Gasteiger partial charge in [0.1, 0.15) is 11.5 Å². The third-order valence-electron chi connectivity index (χ3n) is 3.48. The van der Waals surface area contributed by atoms with Crippen LogP contribution in [0.2, 0.25) is 0 Å². The molecule has 2 heterocycles. The van der Waals surface area contributed by atoms with Gasteiger partial charge < -0.3 is 0 Å². The molecule has 1 saturated heterocycles. The zero-order chi connectivity index (χ0) is 13.2. The number of carbonyl (C=O) groups is 1. The Labute approximate surface area is 121 Å². The van der Waals surface area contributed by atoms with E-state index in [0.29, 0.717) is 5.70 Å². The van der Waals surface area contributed by atoms with Gasteiger partial charge >= 0.3 is 0 Å². The highest BCUT2D eigenvalue weighted by atomic mass is 79.9. The van der Waals surface area contributed by atoms with Crippen molar-refractivity contribution in [1.82, 2.24) is 4.90 Å². The Kier molecular flexibility index (Phi) is 3.51. The molecule has 0 spiro atoms. The first-order valence-corrected chi connectivity index (χ1v) is 7.40. The Morgan fingerprint density at radius 2 is 1.95 bits per heavy atom. The number of amidine groups is 1. The summed E-state index contributed by atoms with van der Waals surface area (Å²) < 4.78 is 1.03. The van der Waals surface area contributed by atoms with Crippen molar-refractivity contribution in [3.05, 3.63) is 40.0 Å². The summed E-state index contributed by atoms with van der Waals surface area (Å²) in [6, 6.07) is 7.90. The van der Waals surface area contributed by atoms with Gasteiger partial charge in [0, 0.05) is 17.4 Å². The van der Waals surface area contributed by atoms with Crippen LogP contribution in [0.15, 0.2) is 39.4 Å². The van der Waals surface area contributed by atoms with Crippen LogP contribution in [0.25, 0.3) is 6.08 Å².